The van der Waals surface area contributed by atoms with Crippen molar-refractivity contribution >= 4 is 21.8 Å². The van der Waals surface area contributed by atoms with Gasteiger partial charge in [-0.1, -0.05) is 35.9 Å². The van der Waals surface area contributed by atoms with Crippen LogP contribution in [0.1, 0.15) is 32.3 Å². The molecule has 5 heteroatoms. The van der Waals surface area contributed by atoms with E-state index in [2.05, 4.69) is 26.0 Å². The monoisotopic (exact) mass is 375 g/mol. The fraction of sp³-hybridized carbons (Fsp3) is 0.400. The fourth-order valence-corrected chi connectivity index (χ4v) is 6.60. The minimum atomic E-state index is -3.46. The summed E-state index contributed by atoms with van der Waals surface area (Å²) in [5.41, 5.74) is 1.07. The highest BCUT2D eigenvalue weighted by Gasteiger charge is 2.44. The largest absolute Gasteiger partial charge is 0.243 e. The first-order chi connectivity index (χ1) is 11.8. The third-order valence-electron chi connectivity index (χ3n) is 4.76. The van der Waals surface area contributed by atoms with Crippen molar-refractivity contribution in [2.45, 2.75) is 54.2 Å². The van der Waals surface area contributed by atoms with Crippen LogP contribution in [0.2, 0.25) is 0 Å². The van der Waals surface area contributed by atoms with Crippen molar-refractivity contribution in [1.82, 2.24) is 4.31 Å². The molecule has 0 amide bonds. The zero-order chi connectivity index (χ0) is 18.1. The summed E-state index contributed by atoms with van der Waals surface area (Å²) in [6, 6.07) is 17.4. The zero-order valence-corrected chi connectivity index (χ0v) is 16.6. The van der Waals surface area contributed by atoms with Crippen molar-refractivity contribution in [3.63, 3.8) is 0 Å². The molecule has 0 aliphatic carbocycles. The van der Waals surface area contributed by atoms with E-state index in [1.54, 1.807) is 28.2 Å². The van der Waals surface area contributed by atoms with E-state index in [-0.39, 0.29) is 10.8 Å². The molecule has 2 aromatic carbocycles. The summed E-state index contributed by atoms with van der Waals surface area (Å²) in [6.07, 6.45) is 1.81. The van der Waals surface area contributed by atoms with E-state index in [1.807, 2.05) is 37.3 Å². The molecule has 2 aromatic rings. The molecule has 0 radical (unpaired) electrons. The lowest BCUT2D eigenvalue weighted by Crippen LogP contribution is -2.46. The molecule has 3 rings (SSSR count). The number of rotatable bonds is 5. The molecule has 1 aliphatic heterocycles. The molecule has 0 aromatic heterocycles. The molecule has 0 N–H and O–H groups in total. The number of thioether (sulfide) groups is 1. The first-order valence-corrected chi connectivity index (χ1v) is 10.9. The van der Waals surface area contributed by atoms with Gasteiger partial charge in [0.05, 0.1) is 4.90 Å². The SMILES string of the molecule is Cc1ccc(S(=O)(=O)N2CCCC2C(C)(C)Sc2ccccc2)cc1. The van der Waals surface area contributed by atoms with E-state index in [0.29, 0.717) is 11.4 Å². The Balaban J connectivity index is 1.87. The summed E-state index contributed by atoms with van der Waals surface area (Å²) in [7, 11) is -3.46. The molecule has 25 heavy (non-hydrogen) atoms. The molecule has 1 atom stereocenters. The van der Waals surface area contributed by atoms with Crippen molar-refractivity contribution in [3.8, 4) is 0 Å². The van der Waals surface area contributed by atoms with Gasteiger partial charge in [-0.25, -0.2) is 8.42 Å². The molecular weight excluding hydrogens is 350 g/mol. The number of sulfonamides is 1. The maximum Gasteiger partial charge on any atom is 0.243 e. The van der Waals surface area contributed by atoms with Crippen molar-refractivity contribution < 1.29 is 8.42 Å². The normalized spacial score (nSPS) is 19.2. The first kappa shape index (κ1) is 18.5. The van der Waals surface area contributed by atoms with Crippen LogP contribution in [0.4, 0.5) is 0 Å². The Morgan fingerprint density at radius 1 is 1.04 bits per heavy atom. The minimum absolute atomic E-state index is 0.0102. The van der Waals surface area contributed by atoms with Crippen LogP contribution in [0.15, 0.2) is 64.4 Å². The predicted octanol–water partition coefficient (Wildman–Crippen LogP) is 4.72. The Bertz CT molecular complexity index is 815. The summed E-state index contributed by atoms with van der Waals surface area (Å²) < 4.78 is 27.9. The van der Waals surface area contributed by atoms with Gasteiger partial charge in [0.2, 0.25) is 10.0 Å². The molecule has 0 saturated carbocycles. The third kappa shape index (κ3) is 3.94. The van der Waals surface area contributed by atoms with Crippen LogP contribution in [0, 0.1) is 6.92 Å². The van der Waals surface area contributed by atoms with E-state index in [9.17, 15) is 8.42 Å². The van der Waals surface area contributed by atoms with Crippen LogP contribution < -0.4 is 0 Å². The van der Waals surface area contributed by atoms with Gasteiger partial charge in [-0.2, -0.15) is 4.31 Å². The number of aryl methyl sites for hydroxylation is 1. The van der Waals surface area contributed by atoms with Crippen LogP contribution in [0.5, 0.6) is 0 Å². The van der Waals surface area contributed by atoms with E-state index < -0.39 is 10.0 Å². The van der Waals surface area contributed by atoms with Gasteiger partial charge in [-0.15, -0.1) is 11.8 Å². The van der Waals surface area contributed by atoms with Crippen LogP contribution >= 0.6 is 11.8 Å². The van der Waals surface area contributed by atoms with Crippen LogP contribution in [-0.2, 0) is 10.0 Å². The molecule has 0 bridgehead atoms. The van der Waals surface area contributed by atoms with Crippen LogP contribution in [0.3, 0.4) is 0 Å². The van der Waals surface area contributed by atoms with E-state index >= 15 is 0 Å². The molecule has 1 saturated heterocycles. The van der Waals surface area contributed by atoms with Crippen molar-refractivity contribution in [2.75, 3.05) is 6.54 Å². The topological polar surface area (TPSA) is 37.4 Å². The molecule has 134 valence electrons. The quantitative estimate of drug-likeness (QED) is 0.710. The Labute approximate surface area is 155 Å². The smallest absolute Gasteiger partial charge is 0.207 e. The minimum Gasteiger partial charge on any atom is -0.207 e. The predicted molar refractivity (Wildman–Crippen MR) is 104 cm³/mol. The average Bonchev–Trinajstić information content (AvgIpc) is 3.07. The average molecular weight is 376 g/mol. The van der Waals surface area contributed by atoms with Gasteiger partial charge >= 0.3 is 0 Å². The van der Waals surface area contributed by atoms with Crippen molar-refractivity contribution in [3.05, 3.63) is 60.2 Å². The number of nitrogens with zero attached hydrogens (tertiary/aromatic N) is 1. The second kappa shape index (κ2) is 7.14. The number of hydrogen-bond acceptors (Lipinski definition) is 3. The lowest BCUT2D eigenvalue weighted by atomic mass is 10.0. The third-order valence-corrected chi connectivity index (χ3v) is 7.99. The number of benzene rings is 2. The maximum absolute atomic E-state index is 13.2. The van der Waals surface area contributed by atoms with Crippen LogP contribution in [-0.4, -0.2) is 30.1 Å². The lowest BCUT2D eigenvalue weighted by molar-refractivity contribution is 0.338. The highest BCUT2D eigenvalue weighted by atomic mass is 32.2. The van der Waals surface area contributed by atoms with Gasteiger partial charge in [0, 0.05) is 22.2 Å². The molecule has 1 unspecified atom stereocenters. The molecule has 1 aliphatic rings. The van der Waals surface area contributed by atoms with Gasteiger partial charge < -0.3 is 0 Å². The van der Waals surface area contributed by atoms with E-state index in [1.165, 1.54) is 4.90 Å². The molecule has 1 heterocycles. The highest BCUT2D eigenvalue weighted by Crippen LogP contribution is 2.42. The van der Waals surface area contributed by atoms with Gasteiger partial charge in [-0.3, -0.25) is 0 Å². The second-order valence-electron chi connectivity index (χ2n) is 7.11. The van der Waals surface area contributed by atoms with Gasteiger partial charge in [0.1, 0.15) is 0 Å². The van der Waals surface area contributed by atoms with Crippen molar-refractivity contribution in [1.29, 1.82) is 0 Å². The van der Waals surface area contributed by atoms with Gasteiger partial charge in [0.25, 0.3) is 0 Å². The summed E-state index contributed by atoms with van der Waals surface area (Å²) >= 11 is 1.75. The summed E-state index contributed by atoms with van der Waals surface area (Å²) in [5.74, 6) is 0. The Morgan fingerprint density at radius 2 is 1.68 bits per heavy atom. The Kier molecular flexibility index (Phi) is 5.28. The standard InChI is InChI=1S/C20H25NO2S2/c1-16-11-13-18(14-12-16)25(22,23)21-15-7-10-19(21)20(2,3)24-17-8-5-4-6-9-17/h4-6,8-9,11-14,19H,7,10,15H2,1-3H3. The summed E-state index contributed by atoms with van der Waals surface area (Å²) in [4.78, 5) is 1.57. The summed E-state index contributed by atoms with van der Waals surface area (Å²) in [5, 5.41) is 0. The van der Waals surface area contributed by atoms with Gasteiger partial charge in [0.15, 0.2) is 0 Å². The second-order valence-corrected chi connectivity index (χ2v) is 10.7. The molecular formula is C20H25NO2S2. The van der Waals surface area contributed by atoms with E-state index in [0.717, 1.165) is 18.4 Å². The van der Waals surface area contributed by atoms with Gasteiger partial charge in [-0.05, 0) is 57.9 Å². The van der Waals surface area contributed by atoms with Crippen LogP contribution in [0.25, 0.3) is 0 Å². The lowest BCUT2D eigenvalue weighted by Gasteiger charge is -2.36. The highest BCUT2D eigenvalue weighted by molar-refractivity contribution is 8.00. The fourth-order valence-electron chi connectivity index (χ4n) is 3.43. The Morgan fingerprint density at radius 3 is 2.32 bits per heavy atom. The Hall–Kier alpha value is -1.30. The molecule has 0 spiro atoms. The zero-order valence-electron chi connectivity index (χ0n) is 15.0. The molecule has 3 nitrogen and oxygen atoms in total. The first-order valence-electron chi connectivity index (χ1n) is 8.63. The summed E-state index contributed by atoms with van der Waals surface area (Å²) in [6.45, 7) is 6.87. The van der Waals surface area contributed by atoms with Crippen molar-refractivity contribution in [2.24, 2.45) is 0 Å². The van der Waals surface area contributed by atoms with E-state index in [4.69, 9.17) is 0 Å². The maximum atomic E-state index is 13.2. The molecule has 1 fully saturated rings. The number of hydrogen-bond donors (Lipinski definition) is 0.